The van der Waals surface area contributed by atoms with E-state index in [2.05, 4.69) is 46.9 Å². The summed E-state index contributed by atoms with van der Waals surface area (Å²) in [5, 5.41) is 7.27. The smallest absolute Gasteiger partial charge is 0.259 e. The summed E-state index contributed by atoms with van der Waals surface area (Å²) in [7, 11) is 1.94. The molecule has 0 aromatic carbocycles. The maximum atomic E-state index is 5.44. The van der Waals surface area contributed by atoms with Gasteiger partial charge in [0.05, 0.1) is 5.56 Å². The van der Waals surface area contributed by atoms with Crippen molar-refractivity contribution in [1.29, 1.82) is 0 Å². The third kappa shape index (κ3) is 3.14. The Labute approximate surface area is 131 Å². The molecule has 0 bridgehead atoms. The molecule has 0 spiro atoms. The highest BCUT2D eigenvalue weighted by Gasteiger charge is 2.28. The van der Waals surface area contributed by atoms with Crippen molar-refractivity contribution < 1.29 is 4.52 Å². The van der Waals surface area contributed by atoms with E-state index in [9.17, 15) is 0 Å². The van der Waals surface area contributed by atoms with Gasteiger partial charge in [-0.1, -0.05) is 5.16 Å². The molecule has 0 saturated heterocycles. The van der Waals surface area contributed by atoms with E-state index in [0.29, 0.717) is 18.0 Å². The van der Waals surface area contributed by atoms with Crippen LogP contribution in [0, 0.1) is 13.8 Å². The summed E-state index contributed by atoms with van der Waals surface area (Å²) in [4.78, 5) is 4.53. The Morgan fingerprint density at radius 3 is 2.76 bits per heavy atom. The van der Waals surface area contributed by atoms with Gasteiger partial charge in [0.15, 0.2) is 5.82 Å². The van der Waals surface area contributed by atoms with E-state index in [4.69, 9.17) is 4.52 Å². The molecule has 1 aliphatic carbocycles. The quantitative estimate of drug-likeness (QED) is 0.922. The molecule has 3 rings (SSSR count). The van der Waals surface area contributed by atoms with E-state index < -0.39 is 0 Å². The Kier molecular flexibility index (Phi) is 4.74. The van der Waals surface area contributed by atoms with E-state index in [-0.39, 0.29) is 12.4 Å². The number of nitrogens with one attached hydrogen (secondary N) is 1. The van der Waals surface area contributed by atoms with Crippen LogP contribution in [0.2, 0.25) is 0 Å². The van der Waals surface area contributed by atoms with Crippen LogP contribution in [0.3, 0.4) is 0 Å². The Hall–Kier alpha value is -1.33. The molecule has 0 amide bonds. The summed E-state index contributed by atoms with van der Waals surface area (Å²) >= 11 is 0. The molecular weight excluding hydrogens is 288 g/mol. The van der Waals surface area contributed by atoms with Crippen molar-refractivity contribution >= 4 is 12.4 Å². The molecule has 1 fully saturated rings. The minimum atomic E-state index is 0. The zero-order valence-corrected chi connectivity index (χ0v) is 13.8. The average molecular weight is 311 g/mol. The van der Waals surface area contributed by atoms with Crippen molar-refractivity contribution in [1.82, 2.24) is 20.0 Å². The number of halogens is 1. The van der Waals surface area contributed by atoms with Crippen molar-refractivity contribution in [2.45, 2.75) is 52.1 Å². The number of nitrogens with zero attached hydrogens (tertiary/aromatic N) is 3. The fourth-order valence-corrected chi connectivity index (χ4v) is 2.71. The van der Waals surface area contributed by atoms with Gasteiger partial charge in [-0.15, -0.1) is 12.4 Å². The van der Waals surface area contributed by atoms with Crippen LogP contribution in [0.1, 0.15) is 43.0 Å². The number of aromatic nitrogens is 3. The van der Waals surface area contributed by atoms with Crippen LogP contribution in [-0.4, -0.2) is 27.8 Å². The Morgan fingerprint density at radius 2 is 2.14 bits per heavy atom. The van der Waals surface area contributed by atoms with Crippen molar-refractivity contribution in [2.24, 2.45) is 0 Å². The molecule has 116 valence electrons. The Bertz CT molecular complexity index is 615. The lowest BCUT2D eigenvalue weighted by Crippen LogP contribution is -2.24. The highest BCUT2D eigenvalue weighted by molar-refractivity contribution is 5.85. The lowest BCUT2D eigenvalue weighted by atomic mass is 10.2. The molecule has 6 heteroatoms. The molecule has 1 unspecified atom stereocenters. The van der Waals surface area contributed by atoms with Crippen LogP contribution < -0.4 is 5.32 Å². The summed E-state index contributed by atoms with van der Waals surface area (Å²) in [5.41, 5.74) is 3.59. The van der Waals surface area contributed by atoms with Crippen LogP contribution in [0.5, 0.6) is 0 Å². The van der Waals surface area contributed by atoms with Gasteiger partial charge in [-0.25, -0.2) is 0 Å². The molecule has 2 aromatic heterocycles. The summed E-state index contributed by atoms with van der Waals surface area (Å²) in [6, 6.07) is 3.18. The van der Waals surface area contributed by atoms with Crippen molar-refractivity contribution in [3.05, 3.63) is 23.3 Å². The molecule has 1 N–H and O–H groups in total. The molecule has 0 radical (unpaired) electrons. The van der Waals surface area contributed by atoms with E-state index in [1.807, 2.05) is 7.05 Å². The fourth-order valence-electron chi connectivity index (χ4n) is 2.71. The summed E-state index contributed by atoms with van der Waals surface area (Å²) in [6.45, 7) is 6.39. The normalized spacial score (nSPS) is 15.8. The zero-order valence-electron chi connectivity index (χ0n) is 13.0. The predicted octanol–water partition coefficient (Wildman–Crippen LogP) is 3.06. The second kappa shape index (κ2) is 6.20. The minimum Gasteiger partial charge on any atom is -0.345 e. The van der Waals surface area contributed by atoms with E-state index >= 15 is 0 Å². The fraction of sp³-hybridized carbons (Fsp3) is 0.600. The van der Waals surface area contributed by atoms with Gasteiger partial charge in [0.1, 0.15) is 0 Å². The molecule has 1 aliphatic rings. The van der Waals surface area contributed by atoms with Crippen LogP contribution in [-0.2, 0) is 6.42 Å². The van der Waals surface area contributed by atoms with Gasteiger partial charge in [0, 0.05) is 29.9 Å². The zero-order chi connectivity index (χ0) is 14.3. The monoisotopic (exact) mass is 310 g/mol. The van der Waals surface area contributed by atoms with E-state index in [0.717, 1.165) is 17.8 Å². The van der Waals surface area contributed by atoms with Crippen molar-refractivity contribution in [3.8, 4) is 11.5 Å². The average Bonchev–Trinajstić information content (AvgIpc) is 3.07. The molecule has 1 saturated carbocycles. The highest BCUT2D eigenvalue weighted by Crippen LogP contribution is 2.40. The molecule has 2 heterocycles. The van der Waals surface area contributed by atoms with Gasteiger partial charge in [0.25, 0.3) is 5.89 Å². The van der Waals surface area contributed by atoms with Gasteiger partial charge in [0.2, 0.25) is 0 Å². The van der Waals surface area contributed by atoms with Crippen LogP contribution >= 0.6 is 12.4 Å². The lowest BCUT2D eigenvalue weighted by Gasteiger charge is -2.06. The summed E-state index contributed by atoms with van der Waals surface area (Å²) < 4.78 is 7.84. The second-order valence-electron chi connectivity index (χ2n) is 5.80. The van der Waals surface area contributed by atoms with Crippen LogP contribution in [0.25, 0.3) is 11.5 Å². The first-order valence-corrected chi connectivity index (χ1v) is 7.28. The van der Waals surface area contributed by atoms with Crippen LogP contribution in [0.15, 0.2) is 10.6 Å². The number of aryl methyl sites for hydroxylation is 1. The summed E-state index contributed by atoms with van der Waals surface area (Å²) in [5.74, 6) is 1.40. The predicted molar refractivity (Wildman–Crippen MR) is 84.9 cm³/mol. The molecular formula is C15H23ClN4O. The maximum absolute atomic E-state index is 5.44. The maximum Gasteiger partial charge on any atom is 0.259 e. The molecule has 5 nitrogen and oxygen atoms in total. The number of hydrogen-bond donors (Lipinski definition) is 1. The number of likely N-dealkylation sites (N-methyl/N-ethyl adjacent to an activating group) is 1. The van der Waals surface area contributed by atoms with Crippen LogP contribution in [0.4, 0.5) is 0 Å². The summed E-state index contributed by atoms with van der Waals surface area (Å²) in [6.07, 6.45) is 3.34. The van der Waals surface area contributed by atoms with E-state index in [1.165, 1.54) is 24.2 Å². The van der Waals surface area contributed by atoms with Gasteiger partial charge in [-0.05, 0) is 46.7 Å². The molecule has 21 heavy (non-hydrogen) atoms. The van der Waals surface area contributed by atoms with Gasteiger partial charge in [-0.3, -0.25) is 0 Å². The molecule has 1 atom stereocenters. The standard InChI is InChI=1S/C15H22N4O.ClH/c1-9(16-4)7-14-17-15(20-18-14)13-8-10(2)19(11(13)3)12-5-6-12;/h8-9,12,16H,5-7H2,1-4H3;1H. The van der Waals surface area contributed by atoms with E-state index in [1.54, 1.807) is 0 Å². The van der Waals surface area contributed by atoms with Crippen molar-refractivity contribution in [2.75, 3.05) is 7.05 Å². The van der Waals surface area contributed by atoms with Crippen molar-refractivity contribution in [3.63, 3.8) is 0 Å². The lowest BCUT2D eigenvalue weighted by molar-refractivity contribution is 0.418. The highest BCUT2D eigenvalue weighted by atomic mass is 35.5. The third-order valence-corrected chi connectivity index (χ3v) is 4.08. The second-order valence-corrected chi connectivity index (χ2v) is 5.80. The Balaban J connectivity index is 0.00000161. The van der Waals surface area contributed by atoms with Gasteiger partial charge >= 0.3 is 0 Å². The number of rotatable bonds is 5. The first-order valence-electron chi connectivity index (χ1n) is 7.28. The largest absolute Gasteiger partial charge is 0.345 e. The topological polar surface area (TPSA) is 55.9 Å². The minimum absolute atomic E-state index is 0. The Morgan fingerprint density at radius 1 is 1.43 bits per heavy atom. The van der Waals surface area contributed by atoms with Gasteiger partial charge in [-0.2, -0.15) is 4.98 Å². The number of hydrogen-bond acceptors (Lipinski definition) is 4. The SMILES string of the molecule is CNC(C)Cc1noc(-c2cc(C)n(C3CC3)c2C)n1.Cl. The first-order chi connectivity index (χ1) is 9.60. The third-order valence-electron chi connectivity index (χ3n) is 4.08. The molecule has 0 aliphatic heterocycles. The van der Waals surface area contributed by atoms with Gasteiger partial charge < -0.3 is 14.4 Å². The first kappa shape index (κ1) is 16.0. The molecule has 2 aromatic rings.